The molecule has 0 unspecified atom stereocenters. The van der Waals surface area contributed by atoms with E-state index in [2.05, 4.69) is 21.9 Å². The van der Waals surface area contributed by atoms with Crippen LogP contribution in [-0.2, 0) is 0 Å². The van der Waals surface area contributed by atoms with Gasteiger partial charge in [0.25, 0.3) is 0 Å². The maximum Gasteiger partial charge on any atom is 0.148 e. The van der Waals surface area contributed by atoms with E-state index in [-0.39, 0.29) is 0 Å². The average molecular weight is 177 g/mol. The molecule has 1 rings (SSSR count). The summed E-state index contributed by atoms with van der Waals surface area (Å²) >= 11 is 0. The third-order valence-electron chi connectivity index (χ3n) is 1.63. The van der Waals surface area contributed by atoms with Crippen LogP contribution in [0.15, 0.2) is 18.3 Å². The number of aryl methyl sites for hydroxylation is 2. The minimum Gasteiger partial charge on any atom is -0.365 e. The fraction of sp³-hybridized carbons (Fsp3) is 0.400. The van der Waals surface area contributed by atoms with Crippen molar-refractivity contribution in [3.8, 4) is 0 Å². The third kappa shape index (κ3) is 2.86. The molecule has 1 aromatic heterocycles. The Labute approximate surface area is 78.9 Å². The zero-order valence-electron chi connectivity index (χ0n) is 8.39. The summed E-state index contributed by atoms with van der Waals surface area (Å²) in [7, 11) is 0. The molecule has 0 spiro atoms. The molecule has 0 aliphatic carbocycles. The van der Waals surface area contributed by atoms with Gasteiger partial charge in [0.1, 0.15) is 5.82 Å². The molecule has 3 nitrogen and oxygen atoms in total. The maximum atomic E-state index is 4.33. The minimum absolute atomic E-state index is 0.749. The lowest BCUT2D eigenvalue weighted by Crippen LogP contribution is -2.07. The molecule has 0 aliphatic heterocycles. The van der Waals surface area contributed by atoms with Gasteiger partial charge in [-0.15, -0.1) is 0 Å². The second-order valence-electron chi connectivity index (χ2n) is 3.26. The first-order valence-corrected chi connectivity index (χ1v) is 4.28. The molecular weight excluding hydrogens is 162 g/mol. The topological polar surface area (TPSA) is 37.8 Å². The molecule has 1 aromatic rings. The van der Waals surface area contributed by atoms with Crippen LogP contribution in [-0.4, -0.2) is 16.5 Å². The average Bonchev–Trinajstić information content (AvgIpc) is 2.06. The molecule has 0 bridgehead atoms. The van der Waals surface area contributed by atoms with Gasteiger partial charge in [-0.2, -0.15) is 0 Å². The molecule has 0 atom stereocenters. The normalized spacial score (nSPS) is 9.77. The van der Waals surface area contributed by atoms with Gasteiger partial charge in [0.05, 0.1) is 11.4 Å². The molecule has 70 valence electrons. The molecule has 0 saturated carbocycles. The largest absolute Gasteiger partial charge is 0.365 e. The number of hydrogen-bond donors (Lipinski definition) is 1. The lowest BCUT2D eigenvalue weighted by molar-refractivity contribution is 1.04. The highest BCUT2D eigenvalue weighted by Gasteiger charge is 1.99. The van der Waals surface area contributed by atoms with E-state index in [0.717, 1.165) is 29.3 Å². The molecule has 0 fully saturated rings. The van der Waals surface area contributed by atoms with E-state index >= 15 is 0 Å². The summed E-state index contributed by atoms with van der Waals surface area (Å²) in [5, 5.41) is 3.18. The first-order chi connectivity index (χ1) is 6.09. The van der Waals surface area contributed by atoms with Gasteiger partial charge < -0.3 is 5.32 Å². The van der Waals surface area contributed by atoms with Crippen molar-refractivity contribution in [1.29, 1.82) is 0 Å². The Kier molecular flexibility index (Phi) is 3.01. The fourth-order valence-corrected chi connectivity index (χ4v) is 0.940. The Morgan fingerprint density at radius 1 is 1.54 bits per heavy atom. The standard InChI is InChI=1S/C10H15N3/c1-7(2)5-12-10-9(4)11-6-8(3)13-10/h6H,1,5H2,2-4H3,(H,12,13). The van der Waals surface area contributed by atoms with E-state index in [1.165, 1.54) is 0 Å². The van der Waals surface area contributed by atoms with Crippen molar-refractivity contribution >= 4 is 5.82 Å². The van der Waals surface area contributed by atoms with Crippen molar-refractivity contribution in [2.45, 2.75) is 20.8 Å². The predicted molar refractivity (Wildman–Crippen MR) is 54.8 cm³/mol. The van der Waals surface area contributed by atoms with Crippen molar-refractivity contribution in [3.63, 3.8) is 0 Å². The van der Waals surface area contributed by atoms with Crippen LogP contribution in [0, 0.1) is 13.8 Å². The van der Waals surface area contributed by atoms with Gasteiger partial charge in [-0.3, -0.25) is 4.98 Å². The summed E-state index contributed by atoms with van der Waals surface area (Å²) < 4.78 is 0. The second-order valence-corrected chi connectivity index (χ2v) is 3.26. The molecule has 1 N–H and O–H groups in total. The maximum absolute atomic E-state index is 4.33. The van der Waals surface area contributed by atoms with Crippen molar-refractivity contribution < 1.29 is 0 Å². The van der Waals surface area contributed by atoms with E-state index in [1.807, 2.05) is 20.8 Å². The van der Waals surface area contributed by atoms with E-state index in [0.29, 0.717) is 0 Å². The highest BCUT2D eigenvalue weighted by atomic mass is 15.0. The van der Waals surface area contributed by atoms with Crippen LogP contribution >= 0.6 is 0 Å². The SMILES string of the molecule is C=C(C)CNc1nc(C)cnc1C. The van der Waals surface area contributed by atoms with Gasteiger partial charge in [-0.1, -0.05) is 12.2 Å². The molecule has 3 heteroatoms. The Hall–Kier alpha value is -1.38. The highest BCUT2D eigenvalue weighted by Crippen LogP contribution is 2.08. The Balaban J connectivity index is 2.75. The molecular formula is C10H15N3. The van der Waals surface area contributed by atoms with Crippen LogP contribution in [0.25, 0.3) is 0 Å². The van der Waals surface area contributed by atoms with Crippen LogP contribution in [0.2, 0.25) is 0 Å². The fourth-order valence-electron chi connectivity index (χ4n) is 0.940. The number of nitrogens with one attached hydrogen (secondary N) is 1. The Morgan fingerprint density at radius 3 is 2.85 bits per heavy atom. The monoisotopic (exact) mass is 177 g/mol. The van der Waals surface area contributed by atoms with E-state index in [1.54, 1.807) is 6.20 Å². The molecule has 0 radical (unpaired) electrons. The zero-order valence-corrected chi connectivity index (χ0v) is 8.39. The number of aromatic nitrogens is 2. The predicted octanol–water partition coefficient (Wildman–Crippen LogP) is 2.08. The van der Waals surface area contributed by atoms with Crippen LogP contribution in [0.1, 0.15) is 18.3 Å². The van der Waals surface area contributed by atoms with Crippen LogP contribution in [0.4, 0.5) is 5.82 Å². The number of anilines is 1. The quantitative estimate of drug-likeness (QED) is 0.718. The highest BCUT2D eigenvalue weighted by molar-refractivity contribution is 5.40. The number of hydrogen-bond acceptors (Lipinski definition) is 3. The van der Waals surface area contributed by atoms with Gasteiger partial charge in [0, 0.05) is 12.7 Å². The van der Waals surface area contributed by atoms with Crippen LogP contribution in [0.3, 0.4) is 0 Å². The van der Waals surface area contributed by atoms with Crippen molar-refractivity contribution in [2.75, 3.05) is 11.9 Å². The number of rotatable bonds is 3. The van der Waals surface area contributed by atoms with Gasteiger partial charge in [-0.25, -0.2) is 4.98 Å². The van der Waals surface area contributed by atoms with Crippen LogP contribution < -0.4 is 5.32 Å². The van der Waals surface area contributed by atoms with E-state index in [4.69, 9.17) is 0 Å². The van der Waals surface area contributed by atoms with E-state index < -0.39 is 0 Å². The lowest BCUT2D eigenvalue weighted by atomic mass is 10.3. The summed E-state index contributed by atoms with van der Waals surface area (Å²) in [5.41, 5.74) is 2.93. The molecule has 0 aliphatic rings. The van der Waals surface area contributed by atoms with Crippen LogP contribution in [0.5, 0.6) is 0 Å². The molecule has 13 heavy (non-hydrogen) atoms. The lowest BCUT2D eigenvalue weighted by Gasteiger charge is -2.07. The summed E-state index contributed by atoms with van der Waals surface area (Å²) in [4.78, 5) is 8.53. The first-order valence-electron chi connectivity index (χ1n) is 4.28. The summed E-state index contributed by atoms with van der Waals surface area (Å²) in [6, 6.07) is 0. The summed E-state index contributed by atoms with van der Waals surface area (Å²) in [5.74, 6) is 0.850. The smallest absolute Gasteiger partial charge is 0.148 e. The zero-order chi connectivity index (χ0) is 9.84. The molecule has 0 saturated heterocycles. The van der Waals surface area contributed by atoms with Gasteiger partial charge in [0.15, 0.2) is 0 Å². The summed E-state index contributed by atoms with van der Waals surface area (Å²) in [6.45, 7) is 10.4. The van der Waals surface area contributed by atoms with Crippen molar-refractivity contribution in [1.82, 2.24) is 9.97 Å². The minimum atomic E-state index is 0.749. The summed E-state index contributed by atoms with van der Waals surface area (Å²) in [6.07, 6.45) is 1.77. The van der Waals surface area contributed by atoms with E-state index in [9.17, 15) is 0 Å². The van der Waals surface area contributed by atoms with Gasteiger partial charge >= 0.3 is 0 Å². The molecule has 0 aromatic carbocycles. The Bertz CT molecular complexity index is 318. The second kappa shape index (κ2) is 4.03. The third-order valence-corrected chi connectivity index (χ3v) is 1.63. The van der Waals surface area contributed by atoms with Gasteiger partial charge in [0.2, 0.25) is 0 Å². The number of nitrogens with zero attached hydrogens (tertiary/aromatic N) is 2. The van der Waals surface area contributed by atoms with Gasteiger partial charge in [-0.05, 0) is 20.8 Å². The van der Waals surface area contributed by atoms with Crippen molar-refractivity contribution in [3.05, 3.63) is 29.7 Å². The molecule has 1 heterocycles. The Morgan fingerprint density at radius 2 is 2.23 bits per heavy atom. The first kappa shape index (κ1) is 9.71. The van der Waals surface area contributed by atoms with Crippen molar-refractivity contribution in [2.24, 2.45) is 0 Å². The molecule has 0 amide bonds.